The van der Waals surface area contributed by atoms with E-state index < -0.39 is 0 Å². The summed E-state index contributed by atoms with van der Waals surface area (Å²) in [5.74, 6) is 1.88. The van der Waals surface area contributed by atoms with Crippen LogP contribution in [0.2, 0.25) is 0 Å². The van der Waals surface area contributed by atoms with E-state index in [9.17, 15) is 0 Å². The zero-order valence-corrected chi connectivity index (χ0v) is 12.1. The molecule has 18 heavy (non-hydrogen) atoms. The van der Waals surface area contributed by atoms with Crippen molar-refractivity contribution in [1.82, 2.24) is 0 Å². The van der Waals surface area contributed by atoms with Crippen LogP contribution in [0.3, 0.4) is 0 Å². The molecule has 2 aliphatic carbocycles. The lowest BCUT2D eigenvalue weighted by Gasteiger charge is -2.51. The van der Waals surface area contributed by atoms with Gasteiger partial charge in [-0.15, -0.1) is 0 Å². The van der Waals surface area contributed by atoms with Crippen molar-refractivity contribution >= 4 is 0 Å². The molecule has 2 aliphatic rings. The lowest BCUT2D eigenvalue weighted by atomic mass is 9.53. The molecule has 0 heterocycles. The third-order valence-electron chi connectivity index (χ3n) is 6.23. The summed E-state index contributed by atoms with van der Waals surface area (Å²) in [6, 6.07) is 11.4. The molecule has 0 heteroatoms. The fraction of sp³-hybridized carbons (Fsp3) is 0.667. The van der Waals surface area contributed by atoms with Crippen LogP contribution in [0.15, 0.2) is 30.3 Å². The van der Waals surface area contributed by atoms with E-state index in [1.54, 1.807) is 5.56 Å². The summed E-state index contributed by atoms with van der Waals surface area (Å²) in [6.45, 7) is 7.44. The topological polar surface area (TPSA) is 0 Å². The first-order chi connectivity index (χ1) is 8.63. The van der Waals surface area contributed by atoms with Crippen molar-refractivity contribution in [1.29, 1.82) is 0 Å². The van der Waals surface area contributed by atoms with Crippen molar-refractivity contribution in [2.75, 3.05) is 0 Å². The van der Waals surface area contributed by atoms with Crippen LogP contribution in [0.1, 0.15) is 58.4 Å². The summed E-state index contributed by atoms with van der Waals surface area (Å²) in [5, 5.41) is 0. The molecule has 2 fully saturated rings. The predicted octanol–water partition coefficient (Wildman–Crippen LogP) is 5.18. The minimum absolute atomic E-state index is 0.450. The molecule has 0 aromatic heterocycles. The average Bonchev–Trinajstić information content (AvgIpc) is 2.92. The molecule has 1 aromatic carbocycles. The molecule has 0 N–H and O–H groups in total. The molecule has 3 unspecified atom stereocenters. The first-order valence-corrected chi connectivity index (χ1v) is 7.68. The molecule has 0 saturated heterocycles. The van der Waals surface area contributed by atoms with Crippen LogP contribution in [0.4, 0.5) is 0 Å². The summed E-state index contributed by atoms with van der Waals surface area (Å²) >= 11 is 0. The SMILES string of the molecule is CCCC1(c2ccccc2)C2CCC(C2)C1(C)C. The quantitative estimate of drug-likeness (QED) is 0.685. The normalized spacial score (nSPS) is 37.1. The summed E-state index contributed by atoms with van der Waals surface area (Å²) in [7, 11) is 0. The van der Waals surface area contributed by atoms with Crippen LogP contribution >= 0.6 is 0 Å². The zero-order valence-electron chi connectivity index (χ0n) is 12.1. The molecule has 98 valence electrons. The summed E-state index contributed by atoms with van der Waals surface area (Å²) in [6.07, 6.45) is 7.08. The van der Waals surface area contributed by atoms with Crippen LogP contribution in [0, 0.1) is 17.3 Å². The first kappa shape index (κ1) is 12.3. The standard InChI is InChI=1S/C18H26/c1-4-12-18(14-8-6-5-7-9-14)16-11-10-15(13-16)17(18,2)3/h5-9,15-16H,4,10-13H2,1-3H3. The molecule has 2 saturated carbocycles. The number of hydrogen-bond acceptors (Lipinski definition) is 0. The van der Waals surface area contributed by atoms with E-state index in [1.807, 2.05) is 0 Å². The lowest BCUT2D eigenvalue weighted by molar-refractivity contribution is 0.0697. The van der Waals surface area contributed by atoms with Gasteiger partial charge in [-0.3, -0.25) is 0 Å². The first-order valence-electron chi connectivity index (χ1n) is 7.68. The molecule has 0 amide bonds. The van der Waals surface area contributed by atoms with Crippen molar-refractivity contribution in [3.8, 4) is 0 Å². The van der Waals surface area contributed by atoms with Crippen LogP contribution < -0.4 is 0 Å². The van der Waals surface area contributed by atoms with Gasteiger partial charge in [0.05, 0.1) is 0 Å². The highest BCUT2D eigenvalue weighted by Gasteiger charge is 2.62. The van der Waals surface area contributed by atoms with Gasteiger partial charge in [0.15, 0.2) is 0 Å². The van der Waals surface area contributed by atoms with Gasteiger partial charge in [0.2, 0.25) is 0 Å². The van der Waals surface area contributed by atoms with Crippen LogP contribution in [0.25, 0.3) is 0 Å². The van der Waals surface area contributed by atoms with Gasteiger partial charge in [-0.1, -0.05) is 57.5 Å². The van der Waals surface area contributed by atoms with Gasteiger partial charge in [0, 0.05) is 5.41 Å². The Kier molecular flexibility index (Phi) is 2.80. The number of rotatable bonds is 3. The number of benzene rings is 1. The Morgan fingerprint density at radius 1 is 1.06 bits per heavy atom. The molecule has 0 radical (unpaired) electrons. The second-order valence-corrected chi connectivity index (χ2v) is 7.02. The predicted molar refractivity (Wildman–Crippen MR) is 77.6 cm³/mol. The van der Waals surface area contributed by atoms with E-state index in [4.69, 9.17) is 0 Å². The van der Waals surface area contributed by atoms with Crippen molar-refractivity contribution in [3.05, 3.63) is 35.9 Å². The van der Waals surface area contributed by atoms with Gasteiger partial charge < -0.3 is 0 Å². The third-order valence-corrected chi connectivity index (χ3v) is 6.23. The highest BCUT2D eigenvalue weighted by Crippen LogP contribution is 2.68. The van der Waals surface area contributed by atoms with E-state index in [1.165, 1.54) is 32.1 Å². The van der Waals surface area contributed by atoms with E-state index in [0.717, 1.165) is 11.8 Å². The smallest absolute Gasteiger partial charge is 0.00350 e. The highest BCUT2D eigenvalue weighted by molar-refractivity contribution is 5.34. The molecule has 0 spiro atoms. The van der Waals surface area contributed by atoms with Crippen LogP contribution in [-0.4, -0.2) is 0 Å². The van der Waals surface area contributed by atoms with Crippen molar-refractivity contribution in [2.45, 2.75) is 58.3 Å². The van der Waals surface area contributed by atoms with Crippen molar-refractivity contribution in [3.63, 3.8) is 0 Å². The largest absolute Gasteiger partial charge is 0.0654 e. The minimum Gasteiger partial charge on any atom is -0.0654 e. The third kappa shape index (κ3) is 1.38. The second-order valence-electron chi connectivity index (χ2n) is 7.02. The Balaban J connectivity index is 2.12. The summed E-state index contributed by atoms with van der Waals surface area (Å²) < 4.78 is 0. The van der Waals surface area contributed by atoms with Crippen molar-refractivity contribution < 1.29 is 0 Å². The molecular weight excluding hydrogens is 216 g/mol. The molecule has 3 rings (SSSR count). The highest BCUT2D eigenvalue weighted by atomic mass is 14.7. The lowest BCUT2D eigenvalue weighted by Crippen LogP contribution is -2.46. The Morgan fingerprint density at radius 2 is 1.72 bits per heavy atom. The van der Waals surface area contributed by atoms with E-state index in [0.29, 0.717) is 10.8 Å². The van der Waals surface area contributed by atoms with E-state index in [2.05, 4.69) is 51.1 Å². The van der Waals surface area contributed by atoms with Gasteiger partial charge in [0.1, 0.15) is 0 Å². The maximum absolute atomic E-state index is 2.54. The fourth-order valence-electron chi connectivity index (χ4n) is 5.38. The van der Waals surface area contributed by atoms with Crippen molar-refractivity contribution in [2.24, 2.45) is 17.3 Å². The Hall–Kier alpha value is -0.780. The Bertz CT molecular complexity index is 417. The fourth-order valence-corrected chi connectivity index (χ4v) is 5.38. The molecule has 0 aliphatic heterocycles. The zero-order chi connectivity index (χ0) is 12.8. The molecule has 0 nitrogen and oxygen atoms in total. The van der Waals surface area contributed by atoms with Gasteiger partial charge >= 0.3 is 0 Å². The summed E-state index contributed by atoms with van der Waals surface area (Å²) in [4.78, 5) is 0. The van der Waals surface area contributed by atoms with Gasteiger partial charge in [0.25, 0.3) is 0 Å². The van der Waals surface area contributed by atoms with Gasteiger partial charge in [-0.2, -0.15) is 0 Å². The average molecular weight is 242 g/mol. The van der Waals surface area contributed by atoms with Crippen LogP contribution in [0.5, 0.6) is 0 Å². The second kappa shape index (κ2) is 4.11. The molecular formula is C18H26. The number of fused-ring (bicyclic) bond motifs is 2. The maximum Gasteiger partial charge on any atom is 0.00350 e. The monoisotopic (exact) mass is 242 g/mol. The minimum atomic E-state index is 0.450. The Labute approximate surface area is 112 Å². The Morgan fingerprint density at radius 3 is 2.28 bits per heavy atom. The molecule has 2 bridgehead atoms. The molecule has 1 aromatic rings. The maximum atomic E-state index is 2.54. The number of hydrogen-bond donors (Lipinski definition) is 0. The van der Waals surface area contributed by atoms with Gasteiger partial charge in [-0.05, 0) is 48.5 Å². The summed E-state index contributed by atoms with van der Waals surface area (Å²) in [5.41, 5.74) is 2.54. The van der Waals surface area contributed by atoms with E-state index >= 15 is 0 Å². The van der Waals surface area contributed by atoms with Gasteiger partial charge in [-0.25, -0.2) is 0 Å². The molecule has 3 atom stereocenters. The van der Waals surface area contributed by atoms with Crippen LogP contribution in [-0.2, 0) is 5.41 Å². The van der Waals surface area contributed by atoms with E-state index in [-0.39, 0.29) is 0 Å².